The van der Waals surface area contributed by atoms with Gasteiger partial charge in [-0.25, -0.2) is 5.84 Å². The van der Waals surface area contributed by atoms with Gasteiger partial charge in [-0.3, -0.25) is 10.4 Å². The summed E-state index contributed by atoms with van der Waals surface area (Å²) in [5, 5.41) is 0. The van der Waals surface area contributed by atoms with Gasteiger partial charge in [0.15, 0.2) is 0 Å². The quantitative estimate of drug-likeness (QED) is 0.184. The van der Waals surface area contributed by atoms with Crippen molar-refractivity contribution in [1.82, 2.24) is 10.3 Å². The molecule has 0 aliphatic rings. The Morgan fingerprint density at radius 2 is 2.07 bits per heavy atom. The van der Waals surface area contributed by atoms with E-state index in [-0.39, 0.29) is 0 Å². The normalized spacial score (nSPS) is 12.6. The van der Waals surface area contributed by atoms with E-state index in [2.05, 4.69) is 36.2 Å². The molecule has 5 N–H and O–H groups in total. The molecule has 0 saturated heterocycles. The predicted molar refractivity (Wildman–Crippen MR) is 60.8 cm³/mol. The average Bonchev–Trinajstić information content (AvgIpc) is 2.16. The number of aliphatic imine (C=N–C) groups is 1. The second-order valence-electron chi connectivity index (χ2n) is 3.69. The topological polar surface area (TPSA) is 79.7 Å². The molecular formula is C9H23N5. The Labute approximate surface area is 86.5 Å². The van der Waals surface area contributed by atoms with Gasteiger partial charge in [0.05, 0.1) is 0 Å². The van der Waals surface area contributed by atoms with E-state index in [0.717, 1.165) is 25.9 Å². The van der Waals surface area contributed by atoms with Crippen LogP contribution in [0.3, 0.4) is 0 Å². The van der Waals surface area contributed by atoms with E-state index in [1.807, 2.05) is 0 Å². The summed E-state index contributed by atoms with van der Waals surface area (Å²) in [6.45, 7) is 6.22. The van der Waals surface area contributed by atoms with Crippen molar-refractivity contribution in [3.63, 3.8) is 0 Å². The summed E-state index contributed by atoms with van der Waals surface area (Å²) in [4.78, 5) is 6.34. The van der Waals surface area contributed by atoms with E-state index in [4.69, 9.17) is 11.6 Å². The molecule has 0 aromatic heterocycles. The van der Waals surface area contributed by atoms with Crippen LogP contribution in [0.1, 0.15) is 26.7 Å². The Bertz CT molecular complexity index is 167. The first-order chi connectivity index (χ1) is 6.57. The molecule has 0 spiro atoms. The molecule has 0 radical (unpaired) electrons. The van der Waals surface area contributed by atoms with E-state index in [1.54, 1.807) is 0 Å². The third kappa shape index (κ3) is 6.68. The van der Waals surface area contributed by atoms with Gasteiger partial charge in [-0.1, -0.05) is 0 Å². The number of hydrazine groups is 1. The number of nitrogens with zero attached hydrogens (tertiary/aromatic N) is 2. The zero-order valence-corrected chi connectivity index (χ0v) is 9.45. The van der Waals surface area contributed by atoms with Gasteiger partial charge in [0.1, 0.15) is 0 Å². The zero-order chi connectivity index (χ0) is 11.0. The number of nitrogens with two attached hydrogens (primary N) is 2. The maximum atomic E-state index is 5.37. The lowest BCUT2D eigenvalue weighted by Gasteiger charge is -2.20. The third-order valence-corrected chi connectivity index (χ3v) is 2.23. The molecule has 0 aliphatic heterocycles. The summed E-state index contributed by atoms with van der Waals surface area (Å²) in [5.74, 6) is 5.37. The lowest BCUT2D eigenvalue weighted by atomic mass is 10.2. The Kier molecular flexibility index (Phi) is 7.14. The first kappa shape index (κ1) is 13.2. The number of hydrogen-bond donors (Lipinski definition) is 3. The summed E-state index contributed by atoms with van der Waals surface area (Å²) in [6, 6.07) is 0.606. The molecule has 5 nitrogen and oxygen atoms in total. The highest BCUT2D eigenvalue weighted by molar-refractivity contribution is 5.76. The smallest absolute Gasteiger partial charge is 0.203 e. The van der Waals surface area contributed by atoms with Gasteiger partial charge >= 0.3 is 0 Å². The molecule has 0 unspecified atom stereocenters. The summed E-state index contributed by atoms with van der Waals surface area (Å²) >= 11 is 0. The van der Waals surface area contributed by atoms with Crippen LogP contribution < -0.4 is 17.0 Å². The Morgan fingerprint density at radius 1 is 1.43 bits per heavy atom. The molecule has 0 aromatic carbocycles. The van der Waals surface area contributed by atoms with Crippen LogP contribution in [-0.4, -0.2) is 37.0 Å². The molecular weight excluding hydrogens is 178 g/mol. The fourth-order valence-electron chi connectivity index (χ4n) is 0.976. The second-order valence-corrected chi connectivity index (χ2v) is 3.69. The number of unbranched alkanes of at least 4 members (excludes halogenated alkanes) is 1. The van der Waals surface area contributed by atoms with Crippen molar-refractivity contribution in [3.8, 4) is 0 Å². The van der Waals surface area contributed by atoms with Crippen molar-refractivity contribution in [2.24, 2.45) is 16.6 Å². The standard InChI is InChI=1S/C9H23N5/c1-8(2)14(3)7-5-4-6-12-9(10)13-11/h8H,4-7,11H2,1-3H3,(H3,10,12,13). The molecule has 0 atom stereocenters. The molecule has 0 aliphatic carbocycles. The average molecular weight is 201 g/mol. The molecule has 0 aromatic rings. The summed E-state index contributed by atoms with van der Waals surface area (Å²) in [6.07, 6.45) is 2.18. The van der Waals surface area contributed by atoms with Crippen molar-refractivity contribution in [1.29, 1.82) is 0 Å². The largest absolute Gasteiger partial charge is 0.369 e. The van der Waals surface area contributed by atoms with Crippen molar-refractivity contribution < 1.29 is 0 Å². The monoisotopic (exact) mass is 201 g/mol. The van der Waals surface area contributed by atoms with E-state index >= 15 is 0 Å². The Hall–Kier alpha value is -0.810. The van der Waals surface area contributed by atoms with Gasteiger partial charge in [0.2, 0.25) is 5.96 Å². The van der Waals surface area contributed by atoms with Crippen molar-refractivity contribution >= 4 is 5.96 Å². The van der Waals surface area contributed by atoms with E-state index in [1.165, 1.54) is 0 Å². The zero-order valence-electron chi connectivity index (χ0n) is 9.45. The van der Waals surface area contributed by atoms with Gasteiger partial charge in [0.25, 0.3) is 0 Å². The van der Waals surface area contributed by atoms with Gasteiger partial charge in [0, 0.05) is 12.6 Å². The minimum Gasteiger partial charge on any atom is -0.369 e. The number of guanidine groups is 1. The SMILES string of the molecule is CC(C)N(C)CCCCN=C(N)NN. The second kappa shape index (κ2) is 7.58. The molecule has 0 heterocycles. The number of rotatable bonds is 6. The van der Waals surface area contributed by atoms with Gasteiger partial charge < -0.3 is 10.6 Å². The maximum absolute atomic E-state index is 5.37. The van der Waals surface area contributed by atoms with Crippen LogP contribution in [0.5, 0.6) is 0 Å². The van der Waals surface area contributed by atoms with Crippen molar-refractivity contribution in [2.75, 3.05) is 20.1 Å². The number of hydrogen-bond acceptors (Lipinski definition) is 3. The minimum absolute atomic E-state index is 0.308. The summed E-state index contributed by atoms with van der Waals surface area (Å²) in [5.41, 5.74) is 7.67. The molecule has 84 valence electrons. The predicted octanol–water partition coefficient (Wildman–Crippen LogP) is -0.115. The highest BCUT2D eigenvalue weighted by atomic mass is 15.3. The van der Waals surface area contributed by atoms with Gasteiger partial charge in [-0.05, 0) is 40.3 Å². The van der Waals surface area contributed by atoms with Crippen LogP contribution in [0, 0.1) is 0 Å². The fraction of sp³-hybridized carbons (Fsp3) is 0.889. The highest BCUT2D eigenvalue weighted by Gasteiger charge is 2.01. The summed E-state index contributed by atoms with van der Waals surface area (Å²) in [7, 11) is 2.13. The van der Waals surface area contributed by atoms with Crippen LogP contribution in [-0.2, 0) is 0 Å². The van der Waals surface area contributed by atoms with E-state index in [9.17, 15) is 0 Å². The van der Waals surface area contributed by atoms with Gasteiger partial charge in [-0.15, -0.1) is 0 Å². The van der Waals surface area contributed by atoms with Crippen LogP contribution >= 0.6 is 0 Å². The molecule has 5 heteroatoms. The lowest BCUT2D eigenvalue weighted by Crippen LogP contribution is -2.37. The summed E-state index contributed by atoms with van der Waals surface area (Å²) < 4.78 is 0. The maximum Gasteiger partial charge on any atom is 0.203 e. The van der Waals surface area contributed by atoms with E-state index < -0.39 is 0 Å². The van der Waals surface area contributed by atoms with Crippen molar-refractivity contribution in [3.05, 3.63) is 0 Å². The lowest BCUT2D eigenvalue weighted by molar-refractivity contribution is 0.269. The van der Waals surface area contributed by atoms with Crippen LogP contribution in [0.4, 0.5) is 0 Å². The van der Waals surface area contributed by atoms with Gasteiger partial charge in [-0.2, -0.15) is 0 Å². The van der Waals surface area contributed by atoms with Crippen LogP contribution in [0.25, 0.3) is 0 Å². The molecule has 0 fully saturated rings. The minimum atomic E-state index is 0.308. The molecule has 0 saturated carbocycles. The molecule has 0 amide bonds. The van der Waals surface area contributed by atoms with E-state index in [0.29, 0.717) is 12.0 Å². The Balaban J connectivity index is 3.38. The molecule has 14 heavy (non-hydrogen) atoms. The number of nitrogens with one attached hydrogen (secondary N) is 1. The highest BCUT2D eigenvalue weighted by Crippen LogP contribution is 1.97. The van der Waals surface area contributed by atoms with Crippen LogP contribution in [0.2, 0.25) is 0 Å². The first-order valence-corrected chi connectivity index (χ1v) is 5.04. The van der Waals surface area contributed by atoms with Crippen molar-refractivity contribution in [2.45, 2.75) is 32.7 Å². The fourth-order valence-corrected chi connectivity index (χ4v) is 0.976. The first-order valence-electron chi connectivity index (χ1n) is 5.04. The third-order valence-electron chi connectivity index (χ3n) is 2.23. The van der Waals surface area contributed by atoms with Crippen LogP contribution in [0.15, 0.2) is 4.99 Å². The molecule has 0 bridgehead atoms. The molecule has 0 rings (SSSR count). The Morgan fingerprint density at radius 3 is 2.57 bits per heavy atom.